The minimum absolute atomic E-state index is 0.00475. The molecule has 1 aliphatic heterocycles. The highest BCUT2D eigenvalue weighted by Gasteiger charge is 2.30. The lowest BCUT2D eigenvalue weighted by molar-refractivity contribution is -0.384. The molecule has 168 valence electrons. The maximum absolute atomic E-state index is 12.6. The molecule has 0 atom stereocenters. The third-order valence-corrected chi connectivity index (χ3v) is 6.21. The summed E-state index contributed by atoms with van der Waals surface area (Å²) < 4.78 is 6.05. The normalized spacial score (nSPS) is 15.4. The van der Waals surface area contributed by atoms with E-state index in [2.05, 4.69) is 10.2 Å². The van der Waals surface area contributed by atoms with E-state index in [9.17, 15) is 14.9 Å². The molecule has 3 aromatic carbocycles. The average Bonchev–Trinajstić information content (AvgIpc) is 3.22. The predicted octanol–water partition coefficient (Wildman–Crippen LogP) is 5.27. The van der Waals surface area contributed by atoms with Crippen LogP contribution < -0.4 is 10.5 Å². The number of fused-ring (bicyclic) bond motifs is 1. The third kappa shape index (κ3) is 4.20. The Morgan fingerprint density at radius 3 is 2.56 bits per heavy atom. The SMILES string of the molecule is Cc1cccc(N2C(=O)CS/C2=N/N=c2/oc3ccccc3cc2-c2ccc([N+](=O)[O-])cc2)c1. The van der Waals surface area contributed by atoms with E-state index in [-0.39, 0.29) is 22.9 Å². The first kappa shape index (κ1) is 21.6. The summed E-state index contributed by atoms with van der Waals surface area (Å²) in [6.45, 7) is 1.96. The lowest BCUT2D eigenvalue weighted by Crippen LogP contribution is -2.29. The summed E-state index contributed by atoms with van der Waals surface area (Å²) in [5.74, 6) is 0.197. The highest BCUT2D eigenvalue weighted by atomic mass is 32.2. The number of hydrogen-bond donors (Lipinski definition) is 0. The molecule has 2 heterocycles. The molecule has 0 radical (unpaired) electrons. The van der Waals surface area contributed by atoms with Crippen molar-refractivity contribution < 1.29 is 14.1 Å². The molecular weight excluding hydrogens is 452 g/mol. The first-order valence-electron chi connectivity index (χ1n) is 10.4. The van der Waals surface area contributed by atoms with Crippen molar-refractivity contribution in [3.05, 3.63) is 100 Å². The number of carbonyl (C=O) groups is 1. The van der Waals surface area contributed by atoms with E-state index in [4.69, 9.17) is 4.42 Å². The standard InChI is InChI=1S/C25H18N4O4S/c1-16-5-4-7-20(13-16)28-23(30)15-34-25(28)27-26-24-21(14-18-6-2-3-8-22(18)33-24)17-9-11-19(12-10-17)29(31)32/h2-14H,15H2,1H3/b26-24+,27-25+. The van der Waals surface area contributed by atoms with Gasteiger partial charge in [0.1, 0.15) is 5.58 Å². The lowest BCUT2D eigenvalue weighted by atomic mass is 10.1. The molecule has 9 heteroatoms. The van der Waals surface area contributed by atoms with Crippen molar-refractivity contribution in [2.24, 2.45) is 10.2 Å². The Hall–Kier alpha value is -4.24. The van der Waals surface area contributed by atoms with Crippen LogP contribution in [0.2, 0.25) is 0 Å². The second kappa shape index (κ2) is 8.95. The molecule has 1 aromatic heterocycles. The molecule has 1 fully saturated rings. The van der Waals surface area contributed by atoms with E-state index in [1.165, 1.54) is 23.9 Å². The summed E-state index contributed by atoms with van der Waals surface area (Å²) in [6, 6.07) is 23.2. The molecule has 0 saturated carbocycles. The van der Waals surface area contributed by atoms with E-state index in [0.717, 1.165) is 16.6 Å². The van der Waals surface area contributed by atoms with Crippen LogP contribution in [0, 0.1) is 17.0 Å². The molecular formula is C25H18N4O4S. The van der Waals surface area contributed by atoms with Gasteiger partial charge in [0, 0.05) is 23.1 Å². The number of rotatable bonds is 4. The molecule has 34 heavy (non-hydrogen) atoms. The highest BCUT2D eigenvalue weighted by molar-refractivity contribution is 8.15. The monoisotopic (exact) mass is 470 g/mol. The van der Waals surface area contributed by atoms with Crippen molar-refractivity contribution >= 4 is 45.2 Å². The van der Waals surface area contributed by atoms with Crippen LogP contribution in [-0.4, -0.2) is 21.8 Å². The van der Waals surface area contributed by atoms with Gasteiger partial charge in [-0.1, -0.05) is 42.1 Å². The average molecular weight is 471 g/mol. The van der Waals surface area contributed by atoms with Crippen molar-refractivity contribution in [2.45, 2.75) is 6.92 Å². The van der Waals surface area contributed by atoms with Gasteiger partial charge in [-0.05, 0) is 54.4 Å². The number of hydrogen-bond acceptors (Lipinski definition) is 7. The van der Waals surface area contributed by atoms with Crippen LogP contribution in [0.1, 0.15) is 5.56 Å². The van der Waals surface area contributed by atoms with E-state index < -0.39 is 4.92 Å². The molecule has 0 N–H and O–H groups in total. The fourth-order valence-corrected chi connectivity index (χ4v) is 4.47. The van der Waals surface area contributed by atoms with Crippen molar-refractivity contribution in [3.63, 3.8) is 0 Å². The first-order chi connectivity index (χ1) is 16.5. The van der Waals surface area contributed by atoms with E-state index in [0.29, 0.717) is 21.9 Å². The fraction of sp³-hybridized carbons (Fsp3) is 0.0800. The van der Waals surface area contributed by atoms with Gasteiger partial charge < -0.3 is 4.42 Å². The Bertz CT molecular complexity index is 1530. The van der Waals surface area contributed by atoms with Crippen LogP contribution >= 0.6 is 11.8 Å². The Morgan fingerprint density at radius 1 is 1.00 bits per heavy atom. The van der Waals surface area contributed by atoms with Gasteiger partial charge in [0.15, 0.2) is 5.17 Å². The zero-order chi connectivity index (χ0) is 23.7. The minimum atomic E-state index is -0.444. The number of thioether (sulfide) groups is 1. The van der Waals surface area contributed by atoms with E-state index in [1.807, 2.05) is 61.5 Å². The van der Waals surface area contributed by atoms with Crippen LogP contribution in [0.4, 0.5) is 11.4 Å². The Balaban J connectivity index is 1.64. The fourth-order valence-electron chi connectivity index (χ4n) is 3.66. The second-order valence-corrected chi connectivity index (χ2v) is 8.59. The summed E-state index contributed by atoms with van der Waals surface area (Å²) in [7, 11) is 0. The molecule has 1 amide bonds. The van der Waals surface area contributed by atoms with Gasteiger partial charge in [0.05, 0.1) is 16.4 Å². The van der Waals surface area contributed by atoms with Gasteiger partial charge in [0.25, 0.3) is 5.69 Å². The van der Waals surface area contributed by atoms with Crippen molar-refractivity contribution in [1.29, 1.82) is 0 Å². The quantitative estimate of drug-likeness (QED) is 0.299. The summed E-state index contributed by atoms with van der Waals surface area (Å²) in [4.78, 5) is 24.7. The van der Waals surface area contributed by atoms with E-state index >= 15 is 0 Å². The smallest absolute Gasteiger partial charge is 0.269 e. The summed E-state index contributed by atoms with van der Waals surface area (Å²) >= 11 is 1.30. The number of nitrogens with zero attached hydrogens (tertiary/aromatic N) is 4. The number of nitro groups is 1. The van der Waals surface area contributed by atoms with Crippen LogP contribution in [0.3, 0.4) is 0 Å². The van der Waals surface area contributed by atoms with Crippen LogP contribution in [0.25, 0.3) is 22.1 Å². The lowest BCUT2D eigenvalue weighted by Gasteiger charge is -2.15. The number of nitro benzene ring substituents is 1. The zero-order valence-corrected chi connectivity index (χ0v) is 18.9. The topological polar surface area (TPSA) is 101 Å². The number of anilines is 1. The Kier molecular flexibility index (Phi) is 5.69. The largest absolute Gasteiger partial charge is 0.436 e. The van der Waals surface area contributed by atoms with Crippen molar-refractivity contribution in [3.8, 4) is 11.1 Å². The van der Waals surface area contributed by atoms with Gasteiger partial charge in [-0.3, -0.25) is 19.8 Å². The van der Waals surface area contributed by atoms with E-state index in [1.54, 1.807) is 17.0 Å². The maximum Gasteiger partial charge on any atom is 0.269 e. The molecule has 8 nitrogen and oxygen atoms in total. The Morgan fingerprint density at radius 2 is 1.79 bits per heavy atom. The molecule has 0 spiro atoms. The molecule has 5 rings (SSSR count). The minimum Gasteiger partial charge on any atom is -0.436 e. The number of para-hydroxylation sites is 1. The number of aryl methyl sites for hydroxylation is 1. The van der Waals surface area contributed by atoms with Crippen LogP contribution in [0.15, 0.2) is 93.5 Å². The van der Waals surface area contributed by atoms with Crippen molar-refractivity contribution in [2.75, 3.05) is 10.7 Å². The number of amidine groups is 1. The summed E-state index contributed by atoms with van der Waals surface area (Å²) in [6.07, 6.45) is 0. The number of carbonyl (C=O) groups excluding carboxylic acids is 1. The number of amides is 1. The summed E-state index contributed by atoms with van der Waals surface area (Å²) in [5.41, 5.74) is 3.95. The van der Waals surface area contributed by atoms with Gasteiger partial charge in [-0.25, -0.2) is 0 Å². The zero-order valence-electron chi connectivity index (χ0n) is 18.0. The second-order valence-electron chi connectivity index (χ2n) is 7.65. The third-order valence-electron chi connectivity index (χ3n) is 5.30. The molecule has 0 bridgehead atoms. The van der Waals surface area contributed by atoms with Gasteiger partial charge >= 0.3 is 0 Å². The Labute approximate surface area is 198 Å². The first-order valence-corrected chi connectivity index (χ1v) is 11.4. The molecule has 0 aliphatic carbocycles. The highest BCUT2D eigenvalue weighted by Crippen LogP contribution is 2.28. The maximum atomic E-state index is 12.6. The number of benzene rings is 3. The number of non-ortho nitro benzene ring substituents is 1. The van der Waals surface area contributed by atoms with Gasteiger partial charge in [0.2, 0.25) is 11.5 Å². The van der Waals surface area contributed by atoms with Crippen LogP contribution in [-0.2, 0) is 4.79 Å². The van der Waals surface area contributed by atoms with Gasteiger partial charge in [-0.2, -0.15) is 0 Å². The van der Waals surface area contributed by atoms with Crippen molar-refractivity contribution in [1.82, 2.24) is 0 Å². The summed E-state index contributed by atoms with van der Waals surface area (Å²) in [5, 5.41) is 21.1. The molecule has 1 aliphatic rings. The molecule has 4 aromatic rings. The van der Waals surface area contributed by atoms with Gasteiger partial charge in [-0.15, -0.1) is 10.2 Å². The molecule has 0 unspecified atom stereocenters. The van der Waals surface area contributed by atoms with Crippen LogP contribution in [0.5, 0.6) is 0 Å². The predicted molar refractivity (Wildman–Crippen MR) is 132 cm³/mol. The molecule has 1 saturated heterocycles.